The van der Waals surface area contributed by atoms with Crippen molar-refractivity contribution in [3.05, 3.63) is 64.5 Å². The molecule has 1 aromatic heterocycles. The van der Waals surface area contributed by atoms with Crippen molar-refractivity contribution in [1.82, 2.24) is 9.88 Å². The van der Waals surface area contributed by atoms with Crippen molar-refractivity contribution in [3.63, 3.8) is 0 Å². The zero-order valence-corrected chi connectivity index (χ0v) is 11.3. The van der Waals surface area contributed by atoms with Gasteiger partial charge >= 0.3 is 5.97 Å². The Morgan fingerprint density at radius 3 is 2.80 bits per heavy atom. The predicted octanol–water partition coefficient (Wildman–Crippen LogP) is 2.60. The normalized spacial score (nSPS) is 14.2. The summed E-state index contributed by atoms with van der Waals surface area (Å²) in [4.78, 5) is 17.5. The average Bonchev–Trinajstić information content (AvgIpc) is 2.79. The van der Waals surface area contributed by atoms with Crippen LogP contribution in [0.25, 0.3) is 0 Å². The number of hydrogen-bond donors (Lipinski definition) is 1. The van der Waals surface area contributed by atoms with Crippen LogP contribution in [0.1, 0.15) is 32.6 Å². The molecule has 0 bridgehead atoms. The van der Waals surface area contributed by atoms with E-state index >= 15 is 0 Å². The Hall–Kier alpha value is -2.20. The minimum Gasteiger partial charge on any atom is -0.478 e. The van der Waals surface area contributed by atoms with Crippen molar-refractivity contribution in [3.8, 4) is 0 Å². The van der Waals surface area contributed by atoms with E-state index in [2.05, 4.69) is 16.0 Å². The maximum absolute atomic E-state index is 11.0. The number of carboxylic acids is 1. The van der Waals surface area contributed by atoms with Gasteiger partial charge in [-0.2, -0.15) is 0 Å². The van der Waals surface area contributed by atoms with Gasteiger partial charge in [-0.3, -0.25) is 9.88 Å². The molecule has 0 spiro atoms. The van der Waals surface area contributed by atoms with E-state index < -0.39 is 5.97 Å². The van der Waals surface area contributed by atoms with E-state index in [-0.39, 0.29) is 0 Å². The Bertz CT molecular complexity index is 667. The van der Waals surface area contributed by atoms with Crippen LogP contribution in [0.2, 0.25) is 0 Å². The first-order chi connectivity index (χ1) is 9.61. The largest absolute Gasteiger partial charge is 0.478 e. The number of carbonyl (C=O) groups is 1. The molecular formula is C16H16N2O2. The Morgan fingerprint density at radius 1 is 1.25 bits per heavy atom. The first-order valence-electron chi connectivity index (χ1n) is 6.60. The molecule has 1 aromatic carbocycles. The zero-order chi connectivity index (χ0) is 14.1. The molecular weight excluding hydrogens is 252 g/mol. The second-order valence-corrected chi connectivity index (χ2v) is 5.30. The van der Waals surface area contributed by atoms with Gasteiger partial charge in [-0.25, -0.2) is 4.79 Å². The van der Waals surface area contributed by atoms with Gasteiger partial charge in [-0.05, 0) is 41.3 Å². The molecule has 3 rings (SSSR count). The van der Waals surface area contributed by atoms with E-state index in [9.17, 15) is 4.79 Å². The fourth-order valence-electron chi connectivity index (χ4n) is 2.67. The fourth-order valence-corrected chi connectivity index (χ4v) is 2.67. The first-order valence-corrected chi connectivity index (χ1v) is 6.60. The molecule has 2 aromatic rings. The zero-order valence-electron chi connectivity index (χ0n) is 11.3. The minimum absolute atomic E-state index is 0.364. The number of aromatic nitrogens is 1. The van der Waals surface area contributed by atoms with Crippen LogP contribution in [0.15, 0.2) is 36.7 Å². The molecule has 0 unspecified atom stereocenters. The Morgan fingerprint density at radius 2 is 2.05 bits per heavy atom. The second kappa shape index (κ2) is 5.06. The van der Waals surface area contributed by atoms with Gasteiger partial charge in [-0.15, -0.1) is 0 Å². The van der Waals surface area contributed by atoms with E-state index in [4.69, 9.17) is 5.11 Å². The molecule has 0 saturated heterocycles. The van der Waals surface area contributed by atoms with Gasteiger partial charge in [0.1, 0.15) is 0 Å². The lowest BCUT2D eigenvalue weighted by Crippen LogP contribution is -2.15. The van der Waals surface area contributed by atoms with E-state index in [0.29, 0.717) is 5.56 Å². The topological polar surface area (TPSA) is 53.4 Å². The van der Waals surface area contributed by atoms with Crippen LogP contribution in [0, 0.1) is 6.92 Å². The molecule has 4 nitrogen and oxygen atoms in total. The lowest BCUT2D eigenvalue weighted by molar-refractivity contribution is 0.0696. The summed E-state index contributed by atoms with van der Waals surface area (Å²) >= 11 is 0. The molecule has 0 atom stereocenters. The number of benzene rings is 1. The highest BCUT2D eigenvalue weighted by Crippen LogP contribution is 2.25. The maximum atomic E-state index is 11.0. The molecule has 1 aliphatic heterocycles. The van der Waals surface area contributed by atoms with Gasteiger partial charge in [0.2, 0.25) is 0 Å². The second-order valence-electron chi connectivity index (χ2n) is 5.30. The van der Waals surface area contributed by atoms with Crippen LogP contribution >= 0.6 is 0 Å². The van der Waals surface area contributed by atoms with Crippen molar-refractivity contribution < 1.29 is 9.90 Å². The van der Waals surface area contributed by atoms with Crippen LogP contribution in [-0.4, -0.2) is 21.0 Å². The van der Waals surface area contributed by atoms with Crippen molar-refractivity contribution >= 4 is 5.97 Å². The Kier molecular flexibility index (Phi) is 3.24. The Labute approximate surface area is 117 Å². The minimum atomic E-state index is -0.867. The molecule has 0 aliphatic carbocycles. The van der Waals surface area contributed by atoms with Crippen molar-refractivity contribution in [2.24, 2.45) is 0 Å². The van der Waals surface area contributed by atoms with Crippen LogP contribution < -0.4 is 0 Å². The number of rotatable bonds is 3. The van der Waals surface area contributed by atoms with Gasteiger partial charge < -0.3 is 5.11 Å². The molecule has 0 fully saturated rings. The number of fused-ring (bicyclic) bond motifs is 1. The third kappa shape index (κ3) is 2.56. The highest BCUT2D eigenvalue weighted by molar-refractivity contribution is 5.87. The van der Waals surface area contributed by atoms with Crippen molar-refractivity contribution in [1.29, 1.82) is 0 Å². The summed E-state index contributed by atoms with van der Waals surface area (Å²) in [5.41, 5.74) is 5.05. The van der Waals surface area contributed by atoms with Gasteiger partial charge in [0.05, 0.1) is 5.56 Å². The van der Waals surface area contributed by atoms with Crippen molar-refractivity contribution in [2.45, 2.75) is 26.6 Å². The molecule has 1 N–H and O–H groups in total. The maximum Gasteiger partial charge on any atom is 0.335 e. The third-order valence-corrected chi connectivity index (χ3v) is 3.58. The summed E-state index contributed by atoms with van der Waals surface area (Å²) in [6.45, 7) is 4.54. The number of pyridine rings is 1. The number of carboxylic acid groups (broad SMARTS) is 1. The van der Waals surface area contributed by atoms with E-state index in [1.165, 1.54) is 11.1 Å². The van der Waals surface area contributed by atoms with E-state index in [1.807, 2.05) is 25.4 Å². The summed E-state index contributed by atoms with van der Waals surface area (Å²) in [5.74, 6) is -0.867. The lowest BCUT2D eigenvalue weighted by atomic mass is 10.1. The lowest BCUT2D eigenvalue weighted by Gasteiger charge is -2.14. The monoisotopic (exact) mass is 268 g/mol. The predicted molar refractivity (Wildman–Crippen MR) is 75.3 cm³/mol. The van der Waals surface area contributed by atoms with Crippen molar-refractivity contribution in [2.75, 3.05) is 0 Å². The summed E-state index contributed by atoms with van der Waals surface area (Å²) in [6.07, 6.45) is 3.74. The van der Waals surface area contributed by atoms with Gasteiger partial charge in [0.25, 0.3) is 0 Å². The molecule has 1 aliphatic rings. The summed E-state index contributed by atoms with van der Waals surface area (Å²) in [6, 6.07) is 7.52. The number of aromatic carboxylic acids is 1. The van der Waals surface area contributed by atoms with Gasteiger partial charge in [0, 0.05) is 32.0 Å². The molecule has 102 valence electrons. The number of aryl methyl sites for hydroxylation is 1. The summed E-state index contributed by atoms with van der Waals surface area (Å²) in [7, 11) is 0. The smallest absolute Gasteiger partial charge is 0.335 e. The molecule has 4 heteroatoms. The van der Waals surface area contributed by atoms with E-state index in [1.54, 1.807) is 12.1 Å². The number of nitrogens with zero attached hydrogens (tertiary/aromatic N) is 2. The summed E-state index contributed by atoms with van der Waals surface area (Å²) < 4.78 is 0. The average molecular weight is 268 g/mol. The molecule has 2 heterocycles. The van der Waals surface area contributed by atoms with Crippen LogP contribution in [0.4, 0.5) is 0 Å². The molecule has 0 saturated carbocycles. The molecule has 0 amide bonds. The van der Waals surface area contributed by atoms with Crippen LogP contribution in [-0.2, 0) is 19.6 Å². The highest BCUT2D eigenvalue weighted by Gasteiger charge is 2.20. The highest BCUT2D eigenvalue weighted by atomic mass is 16.4. The first kappa shape index (κ1) is 12.8. The molecule has 0 radical (unpaired) electrons. The Balaban J connectivity index is 1.75. The molecule has 20 heavy (non-hydrogen) atoms. The van der Waals surface area contributed by atoms with Crippen LogP contribution in [0.5, 0.6) is 0 Å². The van der Waals surface area contributed by atoms with Crippen LogP contribution in [0.3, 0.4) is 0 Å². The van der Waals surface area contributed by atoms with Gasteiger partial charge in [-0.1, -0.05) is 12.1 Å². The fraction of sp³-hybridized carbons (Fsp3) is 0.250. The standard InChI is InChI=1S/C16H16N2O2/c1-11-4-12(7-17-6-11)8-18-9-14-3-2-13(16(19)20)5-15(14)10-18/h2-7H,8-10H2,1H3,(H,19,20). The summed E-state index contributed by atoms with van der Waals surface area (Å²) in [5, 5.41) is 9.03. The quantitative estimate of drug-likeness (QED) is 0.929. The van der Waals surface area contributed by atoms with Gasteiger partial charge in [0.15, 0.2) is 0 Å². The third-order valence-electron chi connectivity index (χ3n) is 3.58. The number of hydrogen-bond acceptors (Lipinski definition) is 3. The van der Waals surface area contributed by atoms with E-state index in [0.717, 1.165) is 30.8 Å². The SMILES string of the molecule is Cc1cncc(CN2Cc3ccc(C(=O)O)cc3C2)c1.